The fourth-order valence-corrected chi connectivity index (χ4v) is 4.37. The van der Waals surface area contributed by atoms with Gasteiger partial charge in [0, 0.05) is 44.6 Å². The highest BCUT2D eigenvalue weighted by atomic mass is 16.5. The van der Waals surface area contributed by atoms with Gasteiger partial charge >= 0.3 is 0 Å². The summed E-state index contributed by atoms with van der Waals surface area (Å²) < 4.78 is 4.89. The second-order valence-electron chi connectivity index (χ2n) is 7.74. The summed E-state index contributed by atoms with van der Waals surface area (Å²) >= 11 is 0. The maximum Gasteiger partial charge on any atom is 0.136 e. The lowest BCUT2D eigenvalue weighted by Gasteiger charge is -2.35. The third kappa shape index (κ3) is 6.30. The normalized spacial score (nSPS) is 29.8. The first kappa shape index (κ1) is 20.2. The molecular weight excluding hydrogens is 320 g/mol. The van der Waals surface area contributed by atoms with Gasteiger partial charge in [0.25, 0.3) is 0 Å². The summed E-state index contributed by atoms with van der Waals surface area (Å²) in [4.78, 5) is 36.9. The molecule has 2 fully saturated rings. The van der Waals surface area contributed by atoms with Crippen LogP contribution in [0, 0.1) is 17.8 Å². The van der Waals surface area contributed by atoms with E-state index >= 15 is 0 Å². The standard InChI is InChI=1S/C20H32O5/c1-25-13-17(22)9-11-19(23)15-7-10-18-14(12-15)6-8-16(21)4-2-3-5-20(18)24/h14-15,17-18,22H,2-13H2,1H3. The number of carbonyl (C=O) groups is 3. The molecule has 1 N–H and O–H groups in total. The highest BCUT2D eigenvalue weighted by Gasteiger charge is 2.37. The van der Waals surface area contributed by atoms with Gasteiger partial charge in [-0.2, -0.15) is 0 Å². The van der Waals surface area contributed by atoms with Crippen LogP contribution in [0.4, 0.5) is 0 Å². The van der Waals surface area contributed by atoms with Crippen LogP contribution < -0.4 is 0 Å². The number of fused-ring (bicyclic) bond motifs is 1. The smallest absolute Gasteiger partial charge is 0.136 e. The minimum Gasteiger partial charge on any atom is -0.391 e. The van der Waals surface area contributed by atoms with Crippen molar-refractivity contribution < 1.29 is 24.2 Å². The molecule has 5 heteroatoms. The van der Waals surface area contributed by atoms with Gasteiger partial charge in [-0.05, 0) is 50.9 Å². The molecule has 2 aliphatic rings. The quantitative estimate of drug-likeness (QED) is 0.795. The van der Waals surface area contributed by atoms with Crippen molar-refractivity contribution in [1.82, 2.24) is 0 Å². The van der Waals surface area contributed by atoms with E-state index in [0.717, 1.165) is 38.5 Å². The first-order chi connectivity index (χ1) is 12.0. The maximum atomic E-state index is 12.5. The molecular formula is C20H32O5. The molecule has 4 unspecified atom stereocenters. The van der Waals surface area contributed by atoms with Crippen molar-refractivity contribution in [2.45, 2.75) is 76.7 Å². The number of methoxy groups -OCH3 is 1. The number of aliphatic hydroxyl groups is 1. The van der Waals surface area contributed by atoms with Crippen molar-refractivity contribution in [1.29, 1.82) is 0 Å². The SMILES string of the molecule is COCC(O)CCC(=O)C1CCC2C(=O)CCCCC(=O)CCC2C1. The van der Waals surface area contributed by atoms with Crippen molar-refractivity contribution in [3.63, 3.8) is 0 Å². The van der Waals surface area contributed by atoms with Crippen LogP contribution in [0.3, 0.4) is 0 Å². The van der Waals surface area contributed by atoms with E-state index in [9.17, 15) is 19.5 Å². The van der Waals surface area contributed by atoms with Crippen LogP contribution in [-0.2, 0) is 19.1 Å². The molecule has 0 bridgehead atoms. The lowest BCUT2D eigenvalue weighted by atomic mass is 9.68. The van der Waals surface area contributed by atoms with Crippen molar-refractivity contribution in [3.05, 3.63) is 0 Å². The van der Waals surface area contributed by atoms with Gasteiger partial charge in [0.2, 0.25) is 0 Å². The largest absolute Gasteiger partial charge is 0.391 e. The molecule has 142 valence electrons. The molecule has 0 radical (unpaired) electrons. The van der Waals surface area contributed by atoms with E-state index < -0.39 is 6.10 Å². The predicted octanol–water partition coefficient (Wildman–Crippen LogP) is 2.87. The van der Waals surface area contributed by atoms with E-state index in [1.54, 1.807) is 0 Å². The van der Waals surface area contributed by atoms with Gasteiger partial charge in [-0.25, -0.2) is 0 Å². The average molecular weight is 352 g/mol. The molecule has 25 heavy (non-hydrogen) atoms. The van der Waals surface area contributed by atoms with E-state index in [2.05, 4.69) is 0 Å². The van der Waals surface area contributed by atoms with Gasteiger partial charge in [-0.1, -0.05) is 0 Å². The second kappa shape index (κ2) is 10.2. The lowest BCUT2D eigenvalue weighted by Crippen LogP contribution is -2.34. The monoisotopic (exact) mass is 352 g/mol. The minimum atomic E-state index is -0.599. The highest BCUT2D eigenvalue weighted by Crippen LogP contribution is 2.39. The van der Waals surface area contributed by atoms with E-state index in [4.69, 9.17) is 4.74 Å². The van der Waals surface area contributed by atoms with Crippen molar-refractivity contribution in [3.8, 4) is 0 Å². The topological polar surface area (TPSA) is 80.7 Å². The Hall–Kier alpha value is -1.07. The van der Waals surface area contributed by atoms with E-state index in [-0.39, 0.29) is 30.1 Å². The summed E-state index contributed by atoms with van der Waals surface area (Å²) in [5.74, 6) is 0.992. The van der Waals surface area contributed by atoms with Crippen LogP contribution in [0.5, 0.6) is 0 Å². The van der Waals surface area contributed by atoms with Gasteiger partial charge in [-0.3, -0.25) is 14.4 Å². The zero-order valence-electron chi connectivity index (χ0n) is 15.4. The molecule has 0 saturated heterocycles. The Bertz CT molecular complexity index is 473. The molecule has 5 nitrogen and oxygen atoms in total. The van der Waals surface area contributed by atoms with E-state index in [0.29, 0.717) is 43.7 Å². The van der Waals surface area contributed by atoms with Crippen LogP contribution in [0.1, 0.15) is 70.6 Å². The summed E-state index contributed by atoms with van der Waals surface area (Å²) in [6.45, 7) is 0.249. The first-order valence-corrected chi connectivity index (χ1v) is 9.75. The molecule has 0 aromatic carbocycles. The number of aliphatic hydroxyl groups excluding tert-OH is 1. The average Bonchev–Trinajstić information content (AvgIpc) is 2.61. The number of carbonyl (C=O) groups excluding carboxylic acids is 3. The Kier molecular flexibility index (Phi) is 8.24. The predicted molar refractivity (Wildman–Crippen MR) is 94.2 cm³/mol. The zero-order valence-corrected chi connectivity index (χ0v) is 15.4. The van der Waals surface area contributed by atoms with Gasteiger partial charge in [0.1, 0.15) is 17.3 Å². The van der Waals surface area contributed by atoms with Crippen LogP contribution >= 0.6 is 0 Å². The lowest BCUT2D eigenvalue weighted by molar-refractivity contribution is -0.132. The molecule has 0 amide bonds. The van der Waals surface area contributed by atoms with Crippen molar-refractivity contribution in [2.75, 3.05) is 13.7 Å². The summed E-state index contributed by atoms with van der Waals surface area (Å²) in [6.07, 6.45) is 6.54. The third-order valence-corrected chi connectivity index (χ3v) is 5.86. The number of rotatable bonds is 6. The molecule has 2 rings (SSSR count). The van der Waals surface area contributed by atoms with Crippen molar-refractivity contribution in [2.24, 2.45) is 17.8 Å². The van der Waals surface area contributed by atoms with Gasteiger partial charge in [0.15, 0.2) is 0 Å². The Balaban J connectivity index is 1.92. The molecule has 2 saturated carbocycles. The van der Waals surface area contributed by atoms with E-state index in [1.807, 2.05) is 0 Å². The molecule has 0 spiro atoms. The Morgan fingerprint density at radius 2 is 1.92 bits per heavy atom. The molecule has 0 aliphatic heterocycles. The Labute approximate surface area is 150 Å². The van der Waals surface area contributed by atoms with Crippen LogP contribution in [-0.4, -0.2) is 42.3 Å². The summed E-state index contributed by atoms with van der Waals surface area (Å²) in [7, 11) is 1.53. The minimum absolute atomic E-state index is 0.0261. The van der Waals surface area contributed by atoms with Gasteiger partial charge in [-0.15, -0.1) is 0 Å². The summed E-state index contributed by atoms with van der Waals surface area (Å²) in [6, 6.07) is 0. The maximum absolute atomic E-state index is 12.5. The van der Waals surface area contributed by atoms with Crippen LogP contribution in [0.2, 0.25) is 0 Å². The summed E-state index contributed by atoms with van der Waals surface area (Å²) in [5.41, 5.74) is 0. The number of Topliss-reactive ketones (excluding diaryl/α,β-unsaturated/α-hetero) is 3. The second-order valence-corrected chi connectivity index (χ2v) is 7.74. The third-order valence-electron chi connectivity index (χ3n) is 5.86. The van der Waals surface area contributed by atoms with Crippen LogP contribution in [0.25, 0.3) is 0 Å². The number of hydrogen-bond donors (Lipinski definition) is 1. The molecule has 2 aliphatic carbocycles. The number of hydrogen-bond acceptors (Lipinski definition) is 5. The molecule has 0 aromatic heterocycles. The van der Waals surface area contributed by atoms with E-state index in [1.165, 1.54) is 7.11 Å². The summed E-state index contributed by atoms with van der Waals surface area (Å²) in [5, 5.41) is 9.71. The Morgan fingerprint density at radius 3 is 2.68 bits per heavy atom. The molecule has 0 aromatic rings. The molecule has 0 heterocycles. The highest BCUT2D eigenvalue weighted by molar-refractivity contribution is 5.84. The molecule has 4 atom stereocenters. The first-order valence-electron chi connectivity index (χ1n) is 9.75. The number of ketones is 3. The fraction of sp³-hybridized carbons (Fsp3) is 0.850. The fourth-order valence-electron chi connectivity index (χ4n) is 4.37. The zero-order chi connectivity index (χ0) is 18.2. The van der Waals surface area contributed by atoms with Gasteiger partial charge in [0.05, 0.1) is 12.7 Å². The van der Waals surface area contributed by atoms with Gasteiger partial charge < -0.3 is 9.84 Å². The Morgan fingerprint density at radius 1 is 1.16 bits per heavy atom. The van der Waals surface area contributed by atoms with Crippen molar-refractivity contribution >= 4 is 17.3 Å². The van der Waals surface area contributed by atoms with Crippen LogP contribution in [0.15, 0.2) is 0 Å². The number of ether oxygens (including phenoxy) is 1.